The summed E-state index contributed by atoms with van der Waals surface area (Å²) in [7, 11) is 1.73. The first-order valence-corrected chi connectivity index (χ1v) is 12.0. The van der Waals surface area contributed by atoms with Gasteiger partial charge in [-0.25, -0.2) is 9.67 Å². The Labute approximate surface area is 198 Å². The zero-order valence-corrected chi connectivity index (χ0v) is 20.5. The zero-order valence-electron chi connectivity index (χ0n) is 17.4. The van der Waals surface area contributed by atoms with Crippen molar-refractivity contribution in [3.63, 3.8) is 0 Å². The molecule has 31 heavy (non-hydrogen) atoms. The third-order valence-corrected chi connectivity index (χ3v) is 7.63. The van der Waals surface area contributed by atoms with Gasteiger partial charge in [-0.05, 0) is 30.7 Å². The quantitative estimate of drug-likeness (QED) is 0.300. The van der Waals surface area contributed by atoms with Gasteiger partial charge in [-0.1, -0.05) is 54.5 Å². The lowest BCUT2D eigenvalue weighted by molar-refractivity contribution is 0.853. The maximum absolute atomic E-state index is 12.1. The van der Waals surface area contributed by atoms with Crippen molar-refractivity contribution in [3.8, 4) is 27.5 Å². The van der Waals surface area contributed by atoms with Crippen LogP contribution in [0, 0.1) is 6.92 Å². The minimum atomic E-state index is -0.0589. The lowest BCUT2D eigenvalue weighted by Gasteiger charge is -2.05. The first-order chi connectivity index (χ1) is 14.7. The van der Waals surface area contributed by atoms with Crippen LogP contribution in [0.1, 0.15) is 19.5 Å². The number of hydrogen-bond acceptors (Lipinski definition) is 5. The molecule has 0 spiro atoms. The van der Waals surface area contributed by atoms with Crippen molar-refractivity contribution in [2.24, 2.45) is 7.05 Å². The molecule has 5 nitrogen and oxygen atoms in total. The number of rotatable bonds is 5. The Morgan fingerprint density at radius 1 is 1.10 bits per heavy atom. The average molecular weight is 491 g/mol. The van der Waals surface area contributed by atoms with E-state index in [4.69, 9.17) is 28.2 Å². The number of thioether (sulfide) groups is 1. The van der Waals surface area contributed by atoms with Gasteiger partial charge in [0.05, 0.1) is 25.6 Å². The summed E-state index contributed by atoms with van der Waals surface area (Å²) in [6.07, 6.45) is 3.68. The van der Waals surface area contributed by atoms with Crippen LogP contribution in [0.25, 0.3) is 27.5 Å². The summed E-state index contributed by atoms with van der Waals surface area (Å²) in [4.78, 5) is 16.9. The predicted octanol–water partition coefficient (Wildman–Crippen LogP) is 6.48. The second kappa shape index (κ2) is 8.82. The van der Waals surface area contributed by atoms with Gasteiger partial charge in [0, 0.05) is 41.9 Å². The Hall–Kier alpha value is -2.06. The SMILES string of the molecule is Cc1nn(-c2nc(-c3ccc(Cl)c(Cl)c3)c(SC(C)C)s2)cc1-c1ccn(C)c(=O)c1. The van der Waals surface area contributed by atoms with Crippen LogP contribution in [-0.4, -0.2) is 24.6 Å². The third kappa shape index (κ3) is 4.60. The summed E-state index contributed by atoms with van der Waals surface area (Å²) >= 11 is 15.7. The van der Waals surface area contributed by atoms with E-state index in [1.54, 1.807) is 57.7 Å². The molecule has 4 aromatic rings. The van der Waals surface area contributed by atoms with E-state index in [1.165, 1.54) is 0 Å². The van der Waals surface area contributed by atoms with Gasteiger partial charge >= 0.3 is 0 Å². The van der Waals surface area contributed by atoms with Gasteiger partial charge in [0.1, 0.15) is 0 Å². The molecule has 0 aliphatic heterocycles. The first-order valence-electron chi connectivity index (χ1n) is 9.59. The van der Waals surface area contributed by atoms with Gasteiger partial charge in [-0.15, -0.1) is 11.8 Å². The monoisotopic (exact) mass is 490 g/mol. The minimum absolute atomic E-state index is 0.0589. The summed E-state index contributed by atoms with van der Waals surface area (Å²) in [6, 6.07) is 9.09. The van der Waals surface area contributed by atoms with E-state index >= 15 is 0 Å². The Morgan fingerprint density at radius 3 is 2.55 bits per heavy atom. The molecule has 0 amide bonds. The fourth-order valence-corrected chi connectivity index (χ4v) is 5.82. The molecule has 0 aliphatic carbocycles. The van der Waals surface area contributed by atoms with Crippen LogP contribution < -0.4 is 5.56 Å². The lowest BCUT2D eigenvalue weighted by Crippen LogP contribution is -2.14. The van der Waals surface area contributed by atoms with E-state index in [9.17, 15) is 4.79 Å². The molecule has 4 rings (SSSR count). The van der Waals surface area contributed by atoms with Crippen LogP contribution in [0.5, 0.6) is 0 Å². The Kier molecular flexibility index (Phi) is 6.30. The van der Waals surface area contributed by atoms with E-state index in [-0.39, 0.29) is 5.56 Å². The molecule has 3 aromatic heterocycles. The van der Waals surface area contributed by atoms with Crippen molar-refractivity contribution >= 4 is 46.3 Å². The van der Waals surface area contributed by atoms with Gasteiger partial charge in [-0.2, -0.15) is 5.10 Å². The molecule has 0 saturated heterocycles. The number of nitrogens with zero attached hydrogens (tertiary/aromatic N) is 4. The maximum atomic E-state index is 12.1. The van der Waals surface area contributed by atoms with Gasteiger partial charge < -0.3 is 4.57 Å². The average Bonchev–Trinajstić information content (AvgIpc) is 3.29. The maximum Gasteiger partial charge on any atom is 0.250 e. The molecule has 0 unspecified atom stereocenters. The van der Waals surface area contributed by atoms with Crippen molar-refractivity contribution in [1.29, 1.82) is 0 Å². The topological polar surface area (TPSA) is 52.7 Å². The van der Waals surface area contributed by atoms with Crippen molar-refractivity contribution in [3.05, 3.63) is 68.8 Å². The van der Waals surface area contributed by atoms with Crippen LogP contribution in [0.15, 0.2) is 51.7 Å². The summed E-state index contributed by atoms with van der Waals surface area (Å²) in [5, 5.41) is 6.83. The molecular weight excluding hydrogens is 471 g/mol. The Balaban J connectivity index is 1.79. The number of thiazole rings is 1. The molecule has 9 heteroatoms. The molecule has 0 atom stereocenters. The highest BCUT2D eigenvalue weighted by Gasteiger charge is 2.19. The number of pyridine rings is 1. The highest BCUT2D eigenvalue weighted by Crippen LogP contribution is 2.41. The second-order valence-electron chi connectivity index (χ2n) is 7.37. The molecule has 0 N–H and O–H groups in total. The molecule has 0 saturated carbocycles. The Morgan fingerprint density at radius 2 is 1.87 bits per heavy atom. The van der Waals surface area contributed by atoms with E-state index in [0.29, 0.717) is 15.3 Å². The van der Waals surface area contributed by atoms with Crippen LogP contribution in [0.2, 0.25) is 10.0 Å². The third-order valence-electron chi connectivity index (χ3n) is 4.63. The van der Waals surface area contributed by atoms with Gasteiger partial charge in [0.15, 0.2) is 0 Å². The van der Waals surface area contributed by atoms with E-state index < -0.39 is 0 Å². The standard InChI is InChI=1S/C22H20Cl2N4OS2/c1-12(2)30-21-20(15-5-6-17(23)18(24)9-15)25-22(31-21)28-11-16(13(3)26-28)14-7-8-27(4)19(29)10-14/h5-12H,1-4H3. The summed E-state index contributed by atoms with van der Waals surface area (Å²) in [6.45, 7) is 6.23. The van der Waals surface area contributed by atoms with Crippen LogP contribution in [0.3, 0.4) is 0 Å². The van der Waals surface area contributed by atoms with Gasteiger partial charge in [-0.3, -0.25) is 4.79 Å². The van der Waals surface area contributed by atoms with E-state index in [0.717, 1.165) is 37.4 Å². The summed E-state index contributed by atoms with van der Waals surface area (Å²) < 4.78 is 4.41. The molecule has 1 aromatic carbocycles. The number of halogens is 2. The van der Waals surface area contributed by atoms with Crippen LogP contribution in [-0.2, 0) is 7.05 Å². The molecule has 3 heterocycles. The highest BCUT2D eigenvalue weighted by molar-refractivity contribution is 8.01. The van der Waals surface area contributed by atoms with E-state index in [1.807, 2.05) is 31.3 Å². The summed E-state index contributed by atoms with van der Waals surface area (Å²) in [5.41, 5.74) is 4.29. The molecule has 0 radical (unpaired) electrons. The van der Waals surface area contributed by atoms with Crippen molar-refractivity contribution < 1.29 is 0 Å². The number of benzene rings is 1. The smallest absolute Gasteiger partial charge is 0.250 e. The number of aryl methyl sites for hydroxylation is 2. The zero-order chi connectivity index (χ0) is 22.3. The van der Waals surface area contributed by atoms with Crippen molar-refractivity contribution in [1.82, 2.24) is 19.3 Å². The van der Waals surface area contributed by atoms with Gasteiger partial charge in [0.2, 0.25) is 5.13 Å². The van der Waals surface area contributed by atoms with E-state index in [2.05, 4.69) is 18.9 Å². The second-order valence-corrected chi connectivity index (χ2v) is 11.0. The minimum Gasteiger partial charge on any atom is -0.319 e. The predicted molar refractivity (Wildman–Crippen MR) is 131 cm³/mol. The lowest BCUT2D eigenvalue weighted by atomic mass is 10.1. The molecule has 0 aliphatic rings. The molecular formula is C22H20Cl2N4OS2. The fourth-order valence-electron chi connectivity index (χ4n) is 3.07. The van der Waals surface area contributed by atoms with Crippen molar-refractivity contribution in [2.45, 2.75) is 30.2 Å². The van der Waals surface area contributed by atoms with Crippen LogP contribution >= 0.6 is 46.3 Å². The van der Waals surface area contributed by atoms with Gasteiger partial charge in [0.25, 0.3) is 5.56 Å². The number of aromatic nitrogens is 4. The highest BCUT2D eigenvalue weighted by atomic mass is 35.5. The first kappa shape index (κ1) is 22.1. The summed E-state index contributed by atoms with van der Waals surface area (Å²) in [5.74, 6) is 0. The molecule has 0 bridgehead atoms. The fraction of sp³-hybridized carbons (Fsp3) is 0.227. The Bertz CT molecular complexity index is 1320. The largest absolute Gasteiger partial charge is 0.319 e. The normalized spacial score (nSPS) is 11.5. The number of hydrogen-bond donors (Lipinski definition) is 0. The molecule has 160 valence electrons. The van der Waals surface area contributed by atoms with Crippen LogP contribution in [0.4, 0.5) is 0 Å². The molecule has 0 fully saturated rings. The van der Waals surface area contributed by atoms with Crippen molar-refractivity contribution in [2.75, 3.05) is 0 Å².